The van der Waals surface area contributed by atoms with Crippen LogP contribution < -0.4 is 5.32 Å². The summed E-state index contributed by atoms with van der Waals surface area (Å²) in [5.41, 5.74) is 0. The van der Waals surface area contributed by atoms with E-state index in [1.165, 1.54) is 32.3 Å². The zero-order valence-corrected chi connectivity index (χ0v) is 13.4. The van der Waals surface area contributed by atoms with Gasteiger partial charge in [-0.1, -0.05) is 13.8 Å². The Morgan fingerprint density at radius 1 is 1.38 bits per heavy atom. The van der Waals surface area contributed by atoms with Crippen LogP contribution in [0.5, 0.6) is 0 Å². The van der Waals surface area contributed by atoms with Gasteiger partial charge in [-0.15, -0.1) is 0 Å². The Kier molecular flexibility index (Phi) is 5.73. The number of carbonyl (C=O) groups excluding carboxylic acids is 1. The van der Waals surface area contributed by atoms with Crippen molar-refractivity contribution in [1.82, 2.24) is 25.0 Å². The van der Waals surface area contributed by atoms with Crippen LogP contribution in [0.2, 0.25) is 0 Å². The molecule has 1 amide bonds. The highest BCUT2D eigenvalue weighted by molar-refractivity contribution is 5.76. The Balaban J connectivity index is 1.80. The van der Waals surface area contributed by atoms with E-state index >= 15 is 0 Å². The molecule has 6 heteroatoms. The van der Waals surface area contributed by atoms with Crippen molar-refractivity contribution in [3.05, 3.63) is 12.2 Å². The van der Waals surface area contributed by atoms with Gasteiger partial charge in [-0.2, -0.15) is 5.10 Å². The van der Waals surface area contributed by atoms with Crippen LogP contribution in [0.3, 0.4) is 0 Å². The van der Waals surface area contributed by atoms with Crippen LogP contribution in [0.15, 0.2) is 6.33 Å². The van der Waals surface area contributed by atoms with Crippen molar-refractivity contribution in [3.63, 3.8) is 0 Å². The molecular weight excluding hydrogens is 266 g/mol. The number of hydrogen-bond donors (Lipinski definition) is 1. The van der Waals surface area contributed by atoms with Crippen LogP contribution in [-0.4, -0.2) is 45.2 Å². The van der Waals surface area contributed by atoms with Crippen molar-refractivity contribution in [2.24, 2.45) is 13.0 Å². The minimum Gasteiger partial charge on any atom is -0.346 e. The van der Waals surface area contributed by atoms with Crippen LogP contribution >= 0.6 is 0 Å². The molecule has 2 rings (SSSR count). The predicted molar refractivity (Wildman–Crippen MR) is 81.6 cm³/mol. The number of aromatic nitrogens is 3. The molecule has 118 valence electrons. The number of nitrogens with zero attached hydrogens (tertiary/aromatic N) is 4. The quantitative estimate of drug-likeness (QED) is 0.827. The summed E-state index contributed by atoms with van der Waals surface area (Å²) >= 11 is 0. The molecule has 1 aromatic heterocycles. The summed E-state index contributed by atoms with van der Waals surface area (Å²) in [6.07, 6.45) is 5.64. The van der Waals surface area contributed by atoms with E-state index in [9.17, 15) is 4.79 Å². The lowest BCUT2D eigenvalue weighted by Gasteiger charge is -2.21. The smallest absolute Gasteiger partial charge is 0.220 e. The lowest BCUT2D eigenvalue weighted by Crippen LogP contribution is -2.34. The van der Waals surface area contributed by atoms with Gasteiger partial charge >= 0.3 is 0 Å². The summed E-state index contributed by atoms with van der Waals surface area (Å²) in [6, 6.07) is -0.0724. The summed E-state index contributed by atoms with van der Waals surface area (Å²) in [5, 5.41) is 7.19. The van der Waals surface area contributed by atoms with Gasteiger partial charge in [-0.3, -0.25) is 9.48 Å². The summed E-state index contributed by atoms with van der Waals surface area (Å²) in [6.45, 7) is 7.59. The molecule has 1 atom stereocenters. The fourth-order valence-electron chi connectivity index (χ4n) is 2.83. The third-order valence-corrected chi connectivity index (χ3v) is 4.08. The Bertz CT molecular complexity index is 451. The molecule has 2 heterocycles. The molecule has 0 aliphatic carbocycles. The fourth-order valence-corrected chi connectivity index (χ4v) is 2.83. The lowest BCUT2D eigenvalue weighted by atomic mass is 10.0. The van der Waals surface area contributed by atoms with Gasteiger partial charge in [0.05, 0.1) is 6.04 Å². The highest BCUT2D eigenvalue weighted by Crippen LogP contribution is 2.19. The van der Waals surface area contributed by atoms with E-state index < -0.39 is 0 Å². The number of rotatable bonds is 7. The van der Waals surface area contributed by atoms with Crippen LogP contribution in [0, 0.1) is 5.92 Å². The molecule has 0 aromatic carbocycles. The highest BCUT2D eigenvalue weighted by Gasteiger charge is 2.22. The van der Waals surface area contributed by atoms with Crippen molar-refractivity contribution in [3.8, 4) is 0 Å². The second kappa shape index (κ2) is 7.54. The monoisotopic (exact) mass is 293 g/mol. The van der Waals surface area contributed by atoms with Gasteiger partial charge in [0.15, 0.2) is 0 Å². The van der Waals surface area contributed by atoms with Crippen LogP contribution in [0.25, 0.3) is 0 Å². The van der Waals surface area contributed by atoms with Gasteiger partial charge in [0.1, 0.15) is 12.2 Å². The number of nitrogens with one attached hydrogen (secondary N) is 1. The molecule has 1 aliphatic rings. The van der Waals surface area contributed by atoms with E-state index in [4.69, 9.17) is 0 Å². The summed E-state index contributed by atoms with van der Waals surface area (Å²) in [4.78, 5) is 18.9. The van der Waals surface area contributed by atoms with E-state index in [2.05, 4.69) is 34.1 Å². The van der Waals surface area contributed by atoms with Gasteiger partial charge in [0.2, 0.25) is 5.91 Å². The first kappa shape index (κ1) is 15.9. The van der Waals surface area contributed by atoms with Gasteiger partial charge in [0.25, 0.3) is 0 Å². The average molecular weight is 293 g/mol. The number of likely N-dealkylation sites (tertiary alicyclic amines) is 1. The third-order valence-electron chi connectivity index (χ3n) is 4.08. The molecule has 1 N–H and O–H groups in total. The molecule has 0 unspecified atom stereocenters. The van der Waals surface area contributed by atoms with Crippen LogP contribution in [0.4, 0.5) is 0 Å². The first-order chi connectivity index (χ1) is 10.1. The molecule has 1 aliphatic heterocycles. The van der Waals surface area contributed by atoms with E-state index in [0.717, 1.165) is 18.8 Å². The highest BCUT2D eigenvalue weighted by atomic mass is 16.1. The summed E-state index contributed by atoms with van der Waals surface area (Å²) in [5.74, 6) is 1.21. The Hall–Kier alpha value is -1.43. The van der Waals surface area contributed by atoms with Gasteiger partial charge in [-0.25, -0.2) is 4.98 Å². The number of hydrogen-bond acceptors (Lipinski definition) is 4. The van der Waals surface area contributed by atoms with E-state index in [1.807, 2.05) is 7.05 Å². The number of amides is 1. The van der Waals surface area contributed by atoms with Crippen molar-refractivity contribution < 1.29 is 4.79 Å². The molecule has 21 heavy (non-hydrogen) atoms. The van der Waals surface area contributed by atoms with E-state index in [1.54, 1.807) is 4.68 Å². The number of aryl methyl sites for hydroxylation is 1. The molecule has 0 bridgehead atoms. The third kappa shape index (κ3) is 4.52. The number of carbonyl (C=O) groups is 1. The maximum absolute atomic E-state index is 12.2. The molecule has 0 radical (unpaired) electrons. The topological polar surface area (TPSA) is 63.1 Å². The van der Waals surface area contributed by atoms with Crippen LogP contribution in [0.1, 0.15) is 51.4 Å². The maximum Gasteiger partial charge on any atom is 0.220 e. The van der Waals surface area contributed by atoms with Crippen molar-refractivity contribution in [2.75, 3.05) is 19.6 Å². The second-order valence-corrected chi connectivity index (χ2v) is 6.18. The zero-order valence-electron chi connectivity index (χ0n) is 13.4. The normalized spacial score (nSPS) is 17.3. The molecule has 1 fully saturated rings. The SMILES string of the molecule is CC(C)[C@@H](NC(=O)CCCN1CCCC1)c1ncnn1C. The van der Waals surface area contributed by atoms with Crippen molar-refractivity contribution >= 4 is 5.91 Å². The molecule has 1 aromatic rings. The Labute approximate surface area is 126 Å². The minimum atomic E-state index is -0.0724. The van der Waals surface area contributed by atoms with Gasteiger partial charge in [-0.05, 0) is 44.8 Å². The first-order valence-electron chi connectivity index (χ1n) is 7.93. The predicted octanol–water partition coefficient (Wildman–Crippen LogP) is 1.50. The largest absolute Gasteiger partial charge is 0.346 e. The molecule has 0 spiro atoms. The van der Waals surface area contributed by atoms with Gasteiger partial charge in [0, 0.05) is 13.5 Å². The van der Waals surface area contributed by atoms with E-state index in [0.29, 0.717) is 6.42 Å². The summed E-state index contributed by atoms with van der Waals surface area (Å²) < 4.78 is 1.73. The standard InChI is InChI=1S/C15H27N5O/c1-12(2)14(15-16-11-17-19(15)3)18-13(21)7-6-10-20-8-4-5-9-20/h11-12,14H,4-10H2,1-3H3,(H,18,21)/t14-/m1/s1. The van der Waals surface area contributed by atoms with Crippen molar-refractivity contribution in [1.29, 1.82) is 0 Å². The second-order valence-electron chi connectivity index (χ2n) is 6.18. The minimum absolute atomic E-state index is 0.0724. The summed E-state index contributed by atoms with van der Waals surface area (Å²) in [7, 11) is 1.86. The molecule has 6 nitrogen and oxygen atoms in total. The lowest BCUT2D eigenvalue weighted by molar-refractivity contribution is -0.122. The zero-order chi connectivity index (χ0) is 15.2. The van der Waals surface area contributed by atoms with Gasteiger partial charge < -0.3 is 10.2 Å². The van der Waals surface area contributed by atoms with Crippen molar-refractivity contribution in [2.45, 2.75) is 45.6 Å². The average Bonchev–Trinajstić information content (AvgIpc) is 3.07. The maximum atomic E-state index is 12.2. The molecular formula is C15H27N5O. The van der Waals surface area contributed by atoms with E-state index in [-0.39, 0.29) is 17.9 Å². The fraction of sp³-hybridized carbons (Fsp3) is 0.800. The molecule has 0 saturated carbocycles. The Morgan fingerprint density at radius 3 is 2.67 bits per heavy atom. The molecule has 1 saturated heterocycles. The van der Waals surface area contributed by atoms with Crippen LogP contribution in [-0.2, 0) is 11.8 Å². The first-order valence-corrected chi connectivity index (χ1v) is 7.93. The Morgan fingerprint density at radius 2 is 2.10 bits per heavy atom.